The minimum atomic E-state index is -1.00. The van der Waals surface area contributed by atoms with Crippen molar-refractivity contribution in [1.29, 1.82) is 0 Å². The number of ether oxygens (including phenoxy) is 1. The van der Waals surface area contributed by atoms with Crippen molar-refractivity contribution < 1.29 is 29.0 Å². The van der Waals surface area contributed by atoms with Crippen LogP contribution in [0.1, 0.15) is 6.42 Å². The van der Waals surface area contributed by atoms with Crippen LogP contribution in [0, 0.1) is 0 Å². The number of piperazine rings is 1. The number of carbonyl (C=O) groups excluding carboxylic acids is 3. The number of imide groups is 1. The Labute approximate surface area is 114 Å². The first-order chi connectivity index (χ1) is 9.45. The molecule has 0 aromatic heterocycles. The summed E-state index contributed by atoms with van der Waals surface area (Å²) in [4.78, 5) is 47.8. The van der Waals surface area contributed by atoms with Gasteiger partial charge in [-0.15, -0.1) is 0 Å². The molecule has 110 valence electrons. The van der Waals surface area contributed by atoms with Crippen LogP contribution in [0.5, 0.6) is 0 Å². The van der Waals surface area contributed by atoms with Crippen LogP contribution in [0.3, 0.4) is 0 Å². The third-order valence-corrected chi connectivity index (χ3v) is 3.03. The molecule has 1 unspecified atom stereocenters. The summed E-state index contributed by atoms with van der Waals surface area (Å²) >= 11 is 0. The van der Waals surface area contributed by atoms with E-state index in [9.17, 15) is 19.2 Å². The molecule has 0 radical (unpaired) electrons. The fraction of sp³-hybridized carbons (Fsp3) is 0.636. The van der Waals surface area contributed by atoms with Gasteiger partial charge >= 0.3 is 12.0 Å². The number of urea groups is 1. The van der Waals surface area contributed by atoms with Gasteiger partial charge in [0.25, 0.3) is 0 Å². The molecule has 2 aliphatic heterocycles. The van der Waals surface area contributed by atoms with Crippen LogP contribution < -0.4 is 5.32 Å². The van der Waals surface area contributed by atoms with Gasteiger partial charge in [0.1, 0.15) is 13.1 Å². The van der Waals surface area contributed by atoms with Crippen molar-refractivity contribution in [2.45, 2.75) is 12.5 Å². The molecule has 2 N–H and O–H groups in total. The van der Waals surface area contributed by atoms with Crippen LogP contribution in [-0.4, -0.2) is 77.6 Å². The Morgan fingerprint density at radius 1 is 1.25 bits per heavy atom. The Balaban J connectivity index is 1.96. The highest BCUT2D eigenvalue weighted by molar-refractivity contribution is 6.02. The smallest absolute Gasteiger partial charge is 0.321 e. The number of aliphatic carboxylic acids is 1. The van der Waals surface area contributed by atoms with Crippen molar-refractivity contribution in [3.05, 3.63) is 0 Å². The third kappa shape index (κ3) is 3.44. The van der Waals surface area contributed by atoms with Crippen LogP contribution in [-0.2, 0) is 19.1 Å². The number of carbonyl (C=O) groups is 4. The fourth-order valence-corrected chi connectivity index (χ4v) is 2.18. The zero-order chi connectivity index (χ0) is 14.7. The molecule has 0 spiro atoms. The van der Waals surface area contributed by atoms with E-state index in [1.54, 1.807) is 0 Å². The molecular formula is C11H15N3O6. The minimum absolute atomic E-state index is 0.136. The fourth-order valence-electron chi connectivity index (χ4n) is 2.18. The number of rotatable bonds is 2. The zero-order valence-corrected chi connectivity index (χ0v) is 10.7. The number of morpholine rings is 1. The Morgan fingerprint density at radius 3 is 2.50 bits per heavy atom. The lowest BCUT2D eigenvalue weighted by Crippen LogP contribution is -2.58. The topological polar surface area (TPSA) is 116 Å². The van der Waals surface area contributed by atoms with Gasteiger partial charge in [-0.2, -0.15) is 0 Å². The first-order valence-corrected chi connectivity index (χ1v) is 6.15. The van der Waals surface area contributed by atoms with Crippen LogP contribution in [0.2, 0.25) is 0 Å². The molecule has 2 aliphatic rings. The number of carboxylic acids is 1. The van der Waals surface area contributed by atoms with Gasteiger partial charge in [-0.1, -0.05) is 0 Å². The average Bonchev–Trinajstić information content (AvgIpc) is 2.36. The molecule has 1 atom stereocenters. The van der Waals surface area contributed by atoms with E-state index in [4.69, 9.17) is 9.84 Å². The molecule has 9 heteroatoms. The predicted molar refractivity (Wildman–Crippen MR) is 63.7 cm³/mol. The molecule has 2 rings (SSSR count). The lowest BCUT2D eigenvalue weighted by atomic mass is 10.2. The number of carboxylic acid groups (broad SMARTS) is 1. The molecule has 20 heavy (non-hydrogen) atoms. The number of hydrogen-bond acceptors (Lipinski definition) is 5. The number of nitrogens with zero attached hydrogens (tertiary/aromatic N) is 2. The quantitative estimate of drug-likeness (QED) is 0.581. The van der Waals surface area contributed by atoms with Crippen molar-refractivity contribution >= 4 is 23.8 Å². The summed E-state index contributed by atoms with van der Waals surface area (Å²) in [5, 5.41) is 10.8. The monoisotopic (exact) mass is 285 g/mol. The summed E-state index contributed by atoms with van der Waals surface area (Å²) in [5.41, 5.74) is 0. The lowest BCUT2D eigenvalue weighted by molar-refractivity contribution is -0.141. The second kappa shape index (κ2) is 5.87. The van der Waals surface area contributed by atoms with E-state index in [0.29, 0.717) is 6.54 Å². The highest BCUT2D eigenvalue weighted by atomic mass is 16.5. The van der Waals surface area contributed by atoms with Gasteiger partial charge in [0.15, 0.2) is 0 Å². The largest absolute Gasteiger partial charge is 0.481 e. The summed E-state index contributed by atoms with van der Waals surface area (Å²) < 4.78 is 5.26. The molecule has 0 aliphatic carbocycles. The molecule has 0 bridgehead atoms. The van der Waals surface area contributed by atoms with Crippen LogP contribution >= 0.6 is 0 Å². The van der Waals surface area contributed by atoms with Crippen LogP contribution in [0.25, 0.3) is 0 Å². The third-order valence-electron chi connectivity index (χ3n) is 3.03. The highest BCUT2D eigenvalue weighted by Gasteiger charge is 2.32. The van der Waals surface area contributed by atoms with Crippen LogP contribution in [0.15, 0.2) is 0 Å². The second-order valence-electron chi connectivity index (χ2n) is 4.65. The average molecular weight is 285 g/mol. The molecule has 4 amide bonds. The summed E-state index contributed by atoms with van der Waals surface area (Å²) in [5.74, 6) is -2.05. The van der Waals surface area contributed by atoms with Crippen molar-refractivity contribution in [2.75, 3.05) is 32.8 Å². The number of hydrogen-bond donors (Lipinski definition) is 2. The van der Waals surface area contributed by atoms with Crippen LogP contribution in [0.4, 0.5) is 4.79 Å². The lowest BCUT2D eigenvalue weighted by Gasteiger charge is -2.36. The van der Waals surface area contributed by atoms with E-state index in [2.05, 4.69) is 5.32 Å². The van der Waals surface area contributed by atoms with Gasteiger partial charge in [0.2, 0.25) is 11.8 Å². The molecular weight excluding hydrogens is 270 g/mol. The molecule has 0 aromatic carbocycles. The maximum absolute atomic E-state index is 12.2. The first-order valence-electron chi connectivity index (χ1n) is 6.15. The predicted octanol–water partition coefficient (Wildman–Crippen LogP) is -1.76. The Hall–Kier alpha value is -2.16. The van der Waals surface area contributed by atoms with Gasteiger partial charge in [0, 0.05) is 13.1 Å². The van der Waals surface area contributed by atoms with E-state index in [1.807, 2.05) is 0 Å². The minimum Gasteiger partial charge on any atom is -0.481 e. The van der Waals surface area contributed by atoms with Gasteiger partial charge in [-0.05, 0) is 0 Å². The van der Waals surface area contributed by atoms with E-state index >= 15 is 0 Å². The molecule has 0 saturated carbocycles. The number of amides is 4. The first kappa shape index (κ1) is 14.3. The van der Waals surface area contributed by atoms with E-state index in [1.165, 1.54) is 4.90 Å². The van der Waals surface area contributed by atoms with E-state index < -0.39 is 29.9 Å². The Bertz CT molecular complexity index is 435. The van der Waals surface area contributed by atoms with Gasteiger partial charge < -0.3 is 19.6 Å². The van der Waals surface area contributed by atoms with Gasteiger partial charge in [-0.3, -0.25) is 19.7 Å². The van der Waals surface area contributed by atoms with E-state index in [-0.39, 0.29) is 32.7 Å². The SMILES string of the molecule is O=C(O)CC1CN(C(=O)N2CC(=O)NC(=O)C2)CCO1. The van der Waals surface area contributed by atoms with Gasteiger partial charge in [0.05, 0.1) is 19.1 Å². The maximum Gasteiger partial charge on any atom is 0.321 e. The molecule has 9 nitrogen and oxygen atoms in total. The Morgan fingerprint density at radius 2 is 1.90 bits per heavy atom. The maximum atomic E-state index is 12.2. The molecule has 0 aromatic rings. The van der Waals surface area contributed by atoms with Crippen molar-refractivity contribution in [2.24, 2.45) is 0 Å². The zero-order valence-electron chi connectivity index (χ0n) is 10.7. The summed E-state index contributed by atoms with van der Waals surface area (Å²) in [7, 11) is 0. The van der Waals surface area contributed by atoms with Crippen molar-refractivity contribution in [3.63, 3.8) is 0 Å². The normalized spacial score (nSPS) is 23.5. The molecule has 2 fully saturated rings. The van der Waals surface area contributed by atoms with E-state index in [0.717, 1.165) is 4.90 Å². The molecule has 2 heterocycles. The van der Waals surface area contributed by atoms with Crippen molar-refractivity contribution in [3.8, 4) is 0 Å². The van der Waals surface area contributed by atoms with Crippen molar-refractivity contribution in [1.82, 2.24) is 15.1 Å². The summed E-state index contributed by atoms with van der Waals surface area (Å²) in [6.45, 7) is 0.327. The van der Waals surface area contributed by atoms with Gasteiger partial charge in [-0.25, -0.2) is 4.79 Å². The molecule has 2 saturated heterocycles. The second-order valence-corrected chi connectivity index (χ2v) is 4.65. The number of nitrogens with one attached hydrogen (secondary N) is 1. The Kier molecular flexibility index (Phi) is 4.18. The highest BCUT2D eigenvalue weighted by Crippen LogP contribution is 2.12. The summed E-state index contributed by atoms with van der Waals surface area (Å²) in [6.07, 6.45) is -0.761. The summed E-state index contributed by atoms with van der Waals surface area (Å²) in [6, 6.07) is -0.452. The standard InChI is InChI=1S/C11H15N3O6/c15-8-5-14(6-9(16)12-8)11(19)13-1-2-20-7(4-13)3-10(17)18/h7H,1-6H2,(H,17,18)(H,12,15,16).